The molecule has 4 atom stereocenters. The Morgan fingerprint density at radius 2 is 2.35 bits per heavy atom. The maximum atomic E-state index is 12.9. The Balaban J connectivity index is 1.59. The number of furan rings is 1. The largest absolute Gasteiger partial charge is 0.467 e. The summed E-state index contributed by atoms with van der Waals surface area (Å²) in [6, 6.07) is 3.62. The lowest BCUT2D eigenvalue weighted by atomic mass is 9.77. The number of likely N-dealkylation sites (tertiary alicyclic amines) is 1. The van der Waals surface area contributed by atoms with Crippen LogP contribution in [0.5, 0.6) is 0 Å². The Hall–Kier alpha value is -2.08. The second-order valence-corrected chi connectivity index (χ2v) is 6.66. The number of amides is 1. The van der Waals surface area contributed by atoms with E-state index >= 15 is 0 Å². The van der Waals surface area contributed by atoms with Crippen LogP contribution in [-0.2, 0) is 25.6 Å². The van der Waals surface area contributed by atoms with Gasteiger partial charge in [0.05, 0.1) is 37.5 Å². The van der Waals surface area contributed by atoms with Crippen LogP contribution < -0.4 is 0 Å². The smallest absolute Gasteiger partial charge is 0.313 e. The Morgan fingerprint density at radius 3 is 3.04 bits per heavy atom. The highest BCUT2D eigenvalue weighted by Crippen LogP contribution is 2.52. The van der Waals surface area contributed by atoms with E-state index in [2.05, 4.69) is 0 Å². The molecule has 0 unspecified atom stereocenters. The summed E-state index contributed by atoms with van der Waals surface area (Å²) in [6.45, 7) is 4.43. The lowest BCUT2D eigenvalue weighted by molar-refractivity contribution is -0.157. The van der Waals surface area contributed by atoms with Gasteiger partial charge in [-0.3, -0.25) is 9.59 Å². The summed E-state index contributed by atoms with van der Waals surface area (Å²) in [6.07, 6.45) is 4.83. The monoisotopic (exact) mass is 317 g/mol. The van der Waals surface area contributed by atoms with Crippen LogP contribution in [0.1, 0.15) is 19.6 Å². The van der Waals surface area contributed by atoms with Gasteiger partial charge in [-0.05, 0) is 26.0 Å². The molecule has 0 aliphatic carbocycles. The Labute approximate surface area is 134 Å². The van der Waals surface area contributed by atoms with Gasteiger partial charge >= 0.3 is 5.97 Å². The maximum Gasteiger partial charge on any atom is 0.313 e. The summed E-state index contributed by atoms with van der Waals surface area (Å²) in [5.74, 6) is -0.766. The van der Waals surface area contributed by atoms with Crippen molar-refractivity contribution >= 4 is 11.9 Å². The van der Waals surface area contributed by atoms with Crippen LogP contribution in [0.2, 0.25) is 0 Å². The molecule has 2 fully saturated rings. The van der Waals surface area contributed by atoms with Crippen molar-refractivity contribution in [1.82, 2.24) is 4.90 Å². The third kappa shape index (κ3) is 2.12. The Kier molecular flexibility index (Phi) is 3.13. The molecular formula is C17H19NO5. The first-order valence-corrected chi connectivity index (χ1v) is 7.89. The lowest BCUT2D eigenvalue weighted by Gasteiger charge is -2.23. The number of nitrogens with zero attached hydrogens (tertiary/aromatic N) is 1. The molecule has 122 valence electrons. The van der Waals surface area contributed by atoms with Gasteiger partial charge in [-0.25, -0.2) is 0 Å². The number of ether oxygens (including phenoxy) is 2. The maximum absolute atomic E-state index is 12.9. The van der Waals surface area contributed by atoms with Gasteiger partial charge in [0, 0.05) is 0 Å². The minimum Gasteiger partial charge on any atom is -0.467 e. The first-order chi connectivity index (χ1) is 11.0. The highest BCUT2D eigenvalue weighted by atomic mass is 16.6. The first kappa shape index (κ1) is 14.5. The highest BCUT2D eigenvalue weighted by Gasteiger charge is 2.67. The van der Waals surface area contributed by atoms with Crippen molar-refractivity contribution in [2.75, 3.05) is 6.54 Å². The van der Waals surface area contributed by atoms with Crippen LogP contribution in [-0.4, -0.2) is 41.1 Å². The van der Waals surface area contributed by atoms with Crippen LogP contribution in [0.15, 0.2) is 35.0 Å². The zero-order valence-electron chi connectivity index (χ0n) is 13.1. The third-order valence-corrected chi connectivity index (χ3v) is 4.73. The van der Waals surface area contributed by atoms with Gasteiger partial charge < -0.3 is 18.8 Å². The van der Waals surface area contributed by atoms with Crippen LogP contribution in [0.4, 0.5) is 0 Å². The average Bonchev–Trinajstić information content (AvgIpc) is 3.21. The molecule has 1 aromatic heterocycles. The van der Waals surface area contributed by atoms with E-state index in [0.29, 0.717) is 13.1 Å². The van der Waals surface area contributed by atoms with Crippen molar-refractivity contribution in [1.29, 1.82) is 0 Å². The van der Waals surface area contributed by atoms with Crippen molar-refractivity contribution < 1.29 is 23.5 Å². The summed E-state index contributed by atoms with van der Waals surface area (Å²) in [5, 5.41) is 0. The summed E-state index contributed by atoms with van der Waals surface area (Å²) in [4.78, 5) is 27.0. The molecule has 4 rings (SSSR count). The summed E-state index contributed by atoms with van der Waals surface area (Å²) >= 11 is 0. The first-order valence-electron chi connectivity index (χ1n) is 7.89. The van der Waals surface area contributed by atoms with Crippen molar-refractivity contribution in [2.24, 2.45) is 11.8 Å². The highest BCUT2D eigenvalue weighted by molar-refractivity contribution is 5.91. The van der Waals surface area contributed by atoms with Crippen molar-refractivity contribution in [3.8, 4) is 0 Å². The topological polar surface area (TPSA) is 69.0 Å². The molecule has 6 heteroatoms. The van der Waals surface area contributed by atoms with E-state index in [1.54, 1.807) is 31.1 Å². The fourth-order valence-corrected chi connectivity index (χ4v) is 3.88. The normalized spacial score (nSPS) is 34.5. The predicted octanol–water partition coefficient (Wildman–Crippen LogP) is 1.51. The van der Waals surface area contributed by atoms with Crippen LogP contribution in [0.25, 0.3) is 0 Å². The molecule has 1 amide bonds. The van der Waals surface area contributed by atoms with Gasteiger partial charge in [-0.1, -0.05) is 12.2 Å². The van der Waals surface area contributed by atoms with Gasteiger partial charge in [-0.15, -0.1) is 0 Å². The molecule has 6 nitrogen and oxygen atoms in total. The third-order valence-electron chi connectivity index (χ3n) is 4.73. The molecule has 2 saturated heterocycles. The van der Waals surface area contributed by atoms with Crippen LogP contribution in [0, 0.1) is 11.8 Å². The second-order valence-electron chi connectivity index (χ2n) is 6.66. The molecule has 0 aromatic carbocycles. The molecule has 4 heterocycles. The zero-order valence-corrected chi connectivity index (χ0v) is 13.1. The molecule has 3 aliphatic rings. The van der Waals surface area contributed by atoms with E-state index in [-0.39, 0.29) is 24.1 Å². The SMILES string of the molecule is CC(C)OC(=O)[C@@H]1[C@H]2C(=O)N(Cc3ccco3)C[C@]23C=C[C@H]1O3. The summed E-state index contributed by atoms with van der Waals surface area (Å²) < 4.78 is 16.7. The van der Waals surface area contributed by atoms with Gasteiger partial charge in [-0.2, -0.15) is 0 Å². The predicted molar refractivity (Wildman–Crippen MR) is 79.1 cm³/mol. The Morgan fingerprint density at radius 1 is 1.52 bits per heavy atom. The number of carbonyl (C=O) groups excluding carboxylic acids is 2. The number of hydrogen-bond acceptors (Lipinski definition) is 5. The molecule has 0 saturated carbocycles. The molecule has 2 bridgehead atoms. The number of hydrogen-bond donors (Lipinski definition) is 0. The Bertz CT molecular complexity index is 665. The number of carbonyl (C=O) groups is 2. The van der Waals surface area contributed by atoms with Crippen molar-refractivity contribution in [3.05, 3.63) is 36.3 Å². The summed E-state index contributed by atoms with van der Waals surface area (Å²) in [7, 11) is 0. The number of esters is 1. The molecule has 1 aromatic rings. The minimum atomic E-state index is -0.699. The molecule has 3 aliphatic heterocycles. The van der Waals surface area contributed by atoms with E-state index in [4.69, 9.17) is 13.9 Å². The van der Waals surface area contributed by atoms with Gasteiger partial charge in [0.2, 0.25) is 5.91 Å². The summed E-state index contributed by atoms with van der Waals surface area (Å²) in [5.41, 5.74) is -0.699. The van der Waals surface area contributed by atoms with Crippen LogP contribution in [0.3, 0.4) is 0 Å². The van der Waals surface area contributed by atoms with Crippen molar-refractivity contribution in [3.63, 3.8) is 0 Å². The van der Waals surface area contributed by atoms with Gasteiger partial charge in [0.25, 0.3) is 0 Å². The van der Waals surface area contributed by atoms with E-state index < -0.39 is 17.4 Å². The van der Waals surface area contributed by atoms with Gasteiger partial charge in [0.15, 0.2) is 0 Å². The fraction of sp³-hybridized carbons (Fsp3) is 0.529. The standard InChI is InChI=1S/C17H19NO5/c1-10(2)22-16(20)13-12-5-6-17(23-12)9-18(15(19)14(13)17)8-11-4-3-7-21-11/h3-7,10,12-14H,8-9H2,1-2H3/t12-,13+,14+,17-/m1/s1. The van der Waals surface area contributed by atoms with E-state index in [9.17, 15) is 9.59 Å². The van der Waals surface area contributed by atoms with E-state index in [1.165, 1.54) is 0 Å². The van der Waals surface area contributed by atoms with Crippen LogP contribution >= 0.6 is 0 Å². The van der Waals surface area contributed by atoms with E-state index in [1.807, 2.05) is 18.2 Å². The quantitative estimate of drug-likeness (QED) is 0.622. The van der Waals surface area contributed by atoms with Gasteiger partial charge in [0.1, 0.15) is 17.3 Å². The molecular weight excluding hydrogens is 298 g/mol. The molecule has 0 N–H and O–H groups in total. The number of rotatable bonds is 4. The van der Waals surface area contributed by atoms with Crippen molar-refractivity contribution in [2.45, 2.75) is 38.2 Å². The zero-order chi connectivity index (χ0) is 16.2. The molecule has 0 radical (unpaired) electrons. The van der Waals surface area contributed by atoms with E-state index in [0.717, 1.165) is 5.76 Å². The number of fused-ring (bicyclic) bond motifs is 1. The second kappa shape index (κ2) is 4.96. The molecule has 1 spiro atoms. The average molecular weight is 317 g/mol. The molecule has 23 heavy (non-hydrogen) atoms. The fourth-order valence-electron chi connectivity index (χ4n) is 3.88. The lowest BCUT2D eigenvalue weighted by Crippen LogP contribution is -2.40. The minimum absolute atomic E-state index is 0.0704.